The number of fused-ring (bicyclic) bond motifs is 1. The average Bonchev–Trinajstić information content (AvgIpc) is 2.67. The van der Waals surface area contributed by atoms with Crippen molar-refractivity contribution in [3.63, 3.8) is 0 Å². The molecular weight excluding hydrogens is 210 g/mol. The van der Waals surface area contributed by atoms with Crippen LogP contribution in [0.4, 0.5) is 5.69 Å². The molecule has 0 unspecified atom stereocenters. The lowest BCUT2D eigenvalue weighted by molar-refractivity contribution is -0.384. The highest BCUT2D eigenvalue weighted by atomic mass is 16.6. The van der Waals surface area contributed by atoms with E-state index in [4.69, 9.17) is 9.15 Å². The Morgan fingerprint density at radius 3 is 2.94 bits per heavy atom. The fourth-order valence-corrected chi connectivity index (χ4v) is 1.39. The van der Waals surface area contributed by atoms with Crippen molar-refractivity contribution in [2.24, 2.45) is 0 Å². The minimum atomic E-state index is -0.432. The average molecular weight is 221 g/mol. The summed E-state index contributed by atoms with van der Waals surface area (Å²) in [6.07, 6.45) is 0.886. The number of hydrogen-bond acceptors (Lipinski definition) is 4. The molecule has 0 amide bonds. The number of rotatable bonds is 4. The van der Waals surface area contributed by atoms with Crippen molar-refractivity contribution in [3.8, 4) is 5.95 Å². The van der Waals surface area contributed by atoms with Gasteiger partial charge in [-0.15, -0.1) is 0 Å². The predicted molar refractivity (Wildman–Crippen MR) is 58.7 cm³/mol. The fourth-order valence-electron chi connectivity index (χ4n) is 1.39. The second kappa shape index (κ2) is 4.22. The van der Waals surface area contributed by atoms with Crippen LogP contribution in [-0.4, -0.2) is 11.5 Å². The van der Waals surface area contributed by atoms with Crippen LogP contribution < -0.4 is 4.74 Å². The van der Waals surface area contributed by atoms with Crippen LogP contribution in [0.2, 0.25) is 0 Å². The number of non-ortho nitro benzene ring substituents is 1. The van der Waals surface area contributed by atoms with E-state index < -0.39 is 4.92 Å². The molecule has 2 aromatic rings. The molecule has 0 saturated heterocycles. The number of ether oxygens (including phenoxy) is 1. The number of benzene rings is 1. The minimum absolute atomic E-state index is 0.0512. The van der Waals surface area contributed by atoms with Crippen LogP contribution in [0.5, 0.6) is 5.95 Å². The number of nitro benzene ring substituents is 1. The number of nitro groups is 1. The van der Waals surface area contributed by atoms with Crippen molar-refractivity contribution < 1.29 is 14.1 Å². The largest absolute Gasteiger partial charge is 0.465 e. The maximum Gasteiger partial charge on any atom is 0.285 e. The number of hydrogen-bond donors (Lipinski definition) is 0. The van der Waals surface area contributed by atoms with E-state index in [0.29, 0.717) is 23.5 Å². The summed E-state index contributed by atoms with van der Waals surface area (Å²) < 4.78 is 10.7. The van der Waals surface area contributed by atoms with Gasteiger partial charge in [-0.1, -0.05) is 6.92 Å². The van der Waals surface area contributed by atoms with Gasteiger partial charge in [0.2, 0.25) is 0 Å². The zero-order valence-electron chi connectivity index (χ0n) is 8.80. The lowest BCUT2D eigenvalue weighted by Crippen LogP contribution is -1.92. The van der Waals surface area contributed by atoms with Crippen LogP contribution in [0.25, 0.3) is 11.0 Å². The summed E-state index contributed by atoms with van der Waals surface area (Å²) in [4.78, 5) is 10.1. The molecule has 0 N–H and O–H groups in total. The normalized spacial score (nSPS) is 10.6. The van der Waals surface area contributed by atoms with Crippen LogP contribution in [0.3, 0.4) is 0 Å². The van der Waals surface area contributed by atoms with Crippen molar-refractivity contribution in [1.82, 2.24) is 0 Å². The van der Waals surface area contributed by atoms with Gasteiger partial charge in [0.15, 0.2) is 0 Å². The quantitative estimate of drug-likeness (QED) is 0.587. The van der Waals surface area contributed by atoms with Gasteiger partial charge in [-0.2, -0.15) is 0 Å². The standard InChI is InChI=1S/C11H11NO4/c1-2-5-15-11-7-8-6-9(12(13)14)3-4-10(8)16-11/h3-4,6-7H,2,5H2,1H3. The summed E-state index contributed by atoms with van der Waals surface area (Å²) in [6.45, 7) is 2.56. The van der Waals surface area contributed by atoms with Gasteiger partial charge in [0, 0.05) is 23.6 Å². The van der Waals surface area contributed by atoms with Crippen LogP contribution >= 0.6 is 0 Å². The molecule has 0 radical (unpaired) electrons. The Morgan fingerprint density at radius 1 is 1.44 bits per heavy atom. The summed E-state index contributed by atoms with van der Waals surface area (Å²) in [5, 5.41) is 11.2. The number of nitrogens with zero attached hydrogens (tertiary/aromatic N) is 1. The molecule has 5 heteroatoms. The molecule has 16 heavy (non-hydrogen) atoms. The van der Waals surface area contributed by atoms with E-state index in [1.54, 1.807) is 12.1 Å². The summed E-state index contributed by atoms with van der Waals surface area (Å²) in [5.74, 6) is 0.400. The van der Waals surface area contributed by atoms with E-state index in [9.17, 15) is 10.1 Å². The maximum atomic E-state index is 10.6. The first-order valence-corrected chi connectivity index (χ1v) is 5.01. The summed E-state index contributed by atoms with van der Waals surface area (Å²) in [6, 6.07) is 6.12. The molecule has 0 aliphatic rings. The van der Waals surface area contributed by atoms with Gasteiger partial charge in [0.05, 0.1) is 11.5 Å². The topological polar surface area (TPSA) is 65.5 Å². The molecule has 84 valence electrons. The zero-order chi connectivity index (χ0) is 11.5. The third-order valence-electron chi connectivity index (χ3n) is 2.14. The van der Waals surface area contributed by atoms with Gasteiger partial charge < -0.3 is 9.15 Å². The smallest absolute Gasteiger partial charge is 0.285 e. The van der Waals surface area contributed by atoms with Gasteiger partial charge in [0.1, 0.15) is 5.58 Å². The third kappa shape index (κ3) is 1.98. The summed E-state index contributed by atoms with van der Waals surface area (Å²) >= 11 is 0. The van der Waals surface area contributed by atoms with Crippen molar-refractivity contribution >= 4 is 16.7 Å². The molecule has 5 nitrogen and oxygen atoms in total. The van der Waals surface area contributed by atoms with Crippen molar-refractivity contribution in [2.75, 3.05) is 6.61 Å². The SMILES string of the molecule is CCCOc1cc2cc([N+](=O)[O-])ccc2o1. The first kappa shape index (κ1) is 10.5. The van der Waals surface area contributed by atoms with Crippen molar-refractivity contribution in [2.45, 2.75) is 13.3 Å². The summed E-state index contributed by atoms with van der Waals surface area (Å²) in [7, 11) is 0. The molecule has 1 aromatic heterocycles. The lowest BCUT2D eigenvalue weighted by atomic mass is 10.2. The highest BCUT2D eigenvalue weighted by molar-refractivity contribution is 5.81. The molecule has 2 rings (SSSR count). The molecule has 0 atom stereocenters. The Morgan fingerprint density at radius 2 is 2.25 bits per heavy atom. The highest BCUT2D eigenvalue weighted by Gasteiger charge is 2.10. The van der Waals surface area contributed by atoms with E-state index in [2.05, 4.69) is 0 Å². The van der Waals surface area contributed by atoms with Crippen LogP contribution in [0, 0.1) is 10.1 Å². The van der Waals surface area contributed by atoms with E-state index in [1.165, 1.54) is 12.1 Å². The molecule has 0 fully saturated rings. The van der Waals surface area contributed by atoms with Crippen molar-refractivity contribution in [3.05, 3.63) is 34.4 Å². The van der Waals surface area contributed by atoms with Crippen LogP contribution in [0.15, 0.2) is 28.7 Å². The van der Waals surface area contributed by atoms with Crippen LogP contribution in [-0.2, 0) is 0 Å². The lowest BCUT2D eigenvalue weighted by Gasteiger charge is -1.96. The summed E-state index contributed by atoms with van der Waals surface area (Å²) in [5.41, 5.74) is 0.645. The van der Waals surface area contributed by atoms with E-state index in [-0.39, 0.29) is 5.69 Å². The Labute approximate surface area is 91.8 Å². The Bertz CT molecular complexity index is 518. The van der Waals surface area contributed by atoms with Gasteiger partial charge in [-0.3, -0.25) is 10.1 Å². The molecular formula is C11H11NO4. The van der Waals surface area contributed by atoms with E-state index in [0.717, 1.165) is 6.42 Å². The highest BCUT2D eigenvalue weighted by Crippen LogP contribution is 2.28. The Kier molecular flexibility index (Phi) is 2.76. The zero-order valence-corrected chi connectivity index (χ0v) is 8.80. The second-order valence-electron chi connectivity index (χ2n) is 3.39. The minimum Gasteiger partial charge on any atom is -0.465 e. The predicted octanol–water partition coefficient (Wildman–Crippen LogP) is 3.13. The molecule has 1 aromatic carbocycles. The van der Waals surface area contributed by atoms with Gasteiger partial charge in [-0.05, 0) is 12.5 Å². The Balaban J connectivity index is 2.34. The van der Waals surface area contributed by atoms with E-state index >= 15 is 0 Å². The first-order chi connectivity index (χ1) is 7.70. The molecule has 0 spiro atoms. The number of furan rings is 1. The van der Waals surface area contributed by atoms with Crippen LogP contribution in [0.1, 0.15) is 13.3 Å². The van der Waals surface area contributed by atoms with Gasteiger partial charge >= 0.3 is 0 Å². The first-order valence-electron chi connectivity index (χ1n) is 5.01. The third-order valence-corrected chi connectivity index (χ3v) is 2.14. The fraction of sp³-hybridized carbons (Fsp3) is 0.273. The molecule has 1 heterocycles. The van der Waals surface area contributed by atoms with Crippen molar-refractivity contribution in [1.29, 1.82) is 0 Å². The Hall–Kier alpha value is -2.04. The molecule has 0 bridgehead atoms. The van der Waals surface area contributed by atoms with Gasteiger partial charge in [0.25, 0.3) is 11.6 Å². The molecule has 0 aliphatic heterocycles. The van der Waals surface area contributed by atoms with E-state index in [1.807, 2.05) is 6.92 Å². The monoisotopic (exact) mass is 221 g/mol. The second-order valence-corrected chi connectivity index (χ2v) is 3.39. The molecule has 0 saturated carbocycles. The van der Waals surface area contributed by atoms with Gasteiger partial charge in [-0.25, -0.2) is 0 Å². The maximum absolute atomic E-state index is 10.6. The molecule has 0 aliphatic carbocycles.